The van der Waals surface area contributed by atoms with Gasteiger partial charge in [-0.3, -0.25) is 4.98 Å². The zero-order chi connectivity index (χ0) is 12.7. The lowest BCUT2D eigenvalue weighted by atomic mass is 9.99. The summed E-state index contributed by atoms with van der Waals surface area (Å²) in [4.78, 5) is 4.21. The van der Waals surface area contributed by atoms with Crippen LogP contribution in [-0.4, -0.2) is 11.5 Å². The van der Waals surface area contributed by atoms with Crippen molar-refractivity contribution >= 4 is 0 Å². The predicted octanol–water partition coefficient (Wildman–Crippen LogP) is 3.65. The Morgan fingerprint density at radius 2 is 2.18 bits per heavy atom. The van der Waals surface area contributed by atoms with E-state index in [0.717, 1.165) is 19.4 Å². The molecule has 0 amide bonds. The van der Waals surface area contributed by atoms with Crippen LogP contribution in [0.3, 0.4) is 0 Å². The largest absolute Gasteiger partial charge is 0.307 e. The molecule has 0 radical (unpaired) electrons. The summed E-state index contributed by atoms with van der Waals surface area (Å²) in [5.41, 5.74) is 4.04. The monoisotopic (exact) mass is 232 g/mol. The average molecular weight is 232 g/mol. The Bertz CT molecular complexity index is 365. The Kier molecular flexibility index (Phi) is 5.92. The molecule has 0 aliphatic rings. The molecule has 17 heavy (non-hydrogen) atoms. The number of nitrogens with one attached hydrogen (secondary N) is 1. The van der Waals surface area contributed by atoms with Gasteiger partial charge in [0.05, 0.1) is 6.04 Å². The van der Waals surface area contributed by atoms with Crippen molar-refractivity contribution in [2.75, 3.05) is 6.54 Å². The highest BCUT2D eigenvalue weighted by Crippen LogP contribution is 2.20. The summed E-state index contributed by atoms with van der Waals surface area (Å²) in [5.74, 6) is 0. The Hall–Kier alpha value is -1.15. The fraction of sp³-hybridized carbons (Fsp3) is 0.533. The molecule has 1 atom stereocenters. The number of nitrogens with zero attached hydrogens (tertiary/aromatic N) is 1. The van der Waals surface area contributed by atoms with Gasteiger partial charge in [0.15, 0.2) is 0 Å². The van der Waals surface area contributed by atoms with Gasteiger partial charge in [0, 0.05) is 12.4 Å². The van der Waals surface area contributed by atoms with Crippen molar-refractivity contribution in [3.8, 4) is 0 Å². The summed E-state index contributed by atoms with van der Waals surface area (Å²) in [7, 11) is 0. The topological polar surface area (TPSA) is 24.9 Å². The third kappa shape index (κ3) is 4.31. The van der Waals surface area contributed by atoms with Crippen molar-refractivity contribution in [1.82, 2.24) is 10.3 Å². The second-order valence-corrected chi connectivity index (χ2v) is 4.60. The van der Waals surface area contributed by atoms with Crippen LogP contribution in [0.2, 0.25) is 0 Å². The Morgan fingerprint density at radius 1 is 1.41 bits per heavy atom. The quantitative estimate of drug-likeness (QED) is 0.757. The van der Waals surface area contributed by atoms with Gasteiger partial charge in [-0.1, -0.05) is 25.5 Å². The van der Waals surface area contributed by atoms with E-state index in [2.05, 4.69) is 50.1 Å². The van der Waals surface area contributed by atoms with Gasteiger partial charge in [-0.25, -0.2) is 0 Å². The zero-order valence-electron chi connectivity index (χ0n) is 11.5. The van der Waals surface area contributed by atoms with E-state index in [4.69, 9.17) is 0 Å². The van der Waals surface area contributed by atoms with Crippen LogP contribution in [0.25, 0.3) is 0 Å². The van der Waals surface area contributed by atoms with Gasteiger partial charge in [0.25, 0.3) is 0 Å². The van der Waals surface area contributed by atoms with Gasteiger partial charge in [-0.15, -0.1) is 0 Å². The zero-order valence-corrected chi connectivity index (χ0v) is 11.5. The maximum atomic E-state index is 4.21. The molecule has 94 valence electrons. The minimum Gasteiger partial charge on any atom is -0.307 e. The van der Waals surface area contributed by atoms with Crippen molar-refractivity contribution in [3.63, 3.8) is 0 Å². The first-order valence-electron chi connectivity index (χ1n) is 6.50. The molecule has 1 rings (SSSR count). The molecular formula is C15H24N2. The summed E-state index contributed by atoms with van der Waals surface area (Å²) in [6.45, 7) is 9.71. The average Bonchev–Trinajstić information content (AvgIpc) is 2.34. The Balaban J connectivity index is 2.98. The second kappa shape index (κ2) is 7.23. The summed E-state index contributed by atoms with van der Waals surface area (Å²) in [6, 6.07) is 2.45. The molecule has 2 heteroatoms. The van der Waals surface area contributed by atoms with E-state index in [1.165, 1.54) is 16.7 Å². The van der Waals surface area contributed by atoms with Crippen LogP contribution >= 0.6 is 0 Å². The summed E-state index contributed by atoms with van der Waals surface area (Å²) in [6.07, 6.45) is 8.34. The van der Waals surface area contributed by atoms with Crippen molar-refractivity contribution in [2.24, 2.45) is 0 Å². The molecule has 0 aromatic carbocycles. The van der Waals surface area contributed by atoms with Crippen LogP contribution in [0.4, 0.5) is 0 Å². The van der Waals surface area contributed by atoms with Gasteiger partial charge in [-0.05, 0) is 50.4 Å². The summed E-state index contributed by atoms with van der Waals surface area (Å²) >= 11 is 0. The molecule has 0 fully saturated rings. The number of aromatic nitrogens is 1. The summed E-state index contributed by atoms with van der Waals surface area (Å²) in [5, 5.41) is 3.59. The van der Waals surface area contributed by atoms with Crippen LogP contribution in [0.15, 0.2) is 30.1 Å². The highest BCUT2D eigenvalue weighted by Gasteiger charge is 2.11. The third-order valence-corrected chi connectivity index (χ3v) is 2.77. The van der Waals surface area contributed by atoms with Gasteiger partial charge >= 0.3 is 0 Å². The fourth-order valence-electron chi connectivity index (χ4n) is 1.93. The first-order valence-corrected chi connectivity index (χ1v) is 6.50. The first kappa shape index (κ1) is 13.9. The van der Waals surface area contributed by atoms with Crippen LogP contribution in [0, 0.1) is 0 Å². The molecular weight excluding hydrogens is 208 g/mol. The molecule has 1 unspecified atom stereocenters. The van der Waals surface area contributed by atoms with Crippen LogP contribution in [-0.2, 0) is 6.42 Å². The molecule has 0 aliphatic carbocycles. The van der Waals surface area contributed by atoms with Gasteiger partial charge in [-0.2, -0.15) is 0 Å². The third-order valence-electron chi connectivity index (χ3n) is 2.77. The van der Waals surface area contributed by atoms with Crippen LogP contribution < -0.4 is 5.32 Å². The molecule has 1 heterocycles. The number of hydrogen-bond acceptors (Lipinski definition) is 2. The SMILES string of the molecule is CCCNC(C=C(C)C)c1ccncc1CC. The van der Waals surface area contributed by atoms with E-state index in [-0.39, 0.29) is 0 Å². The van der Waals surface area contributed by atoms with E-state index < -0.39 is 0 Å². The van der Waals surface area contributed by atoms with E-state index in [0.29, 0.717) is 6.04 Å². The molecule has 0 spiro atoms. The Labute approximate surface area is 105 Å². The molecule has 1 aromatic heterocycles. The molecule has 1 aromatic rings. The first-order chi connectivity index (χ1) is 8.19. The minimum atomic E-state index is 0.317. The van der Waals surface area contributed by atoms with E-state index in [1.54, 1.807) is 0 Å². The van der Waals surface area contributed by atoms with Crippen LogP contribution in [0.5, 0.6) is 0 Å². The predicted molar refractivity (Wildman–Crippen MR) is 74.1 cm³/mol. The smallest absolute Gasteiger partial charge is 0.0512 e. The summed E-state index contributed by atoms with van der Waals surface area (Å²) < 4.78 is 0. The fourth-order valence-corrected chi connectivity index (χ4v) is 1.93. The van der Waals surface area contributed by atoms with Gasteiger partial charge in [0.2, 0.25) is 0 Å². The maximum absolute atomic E-state index is 4.21. The lowest BCUT2D eigenvalue weighted by Crippen LogP contribution is -2.21. The molecule has 0 aliphatic heterocycles. The molecule has 1 N–H and O–H groups in total. The minimum absolute atomic E-state index is 0.317. The van der Waals surface area contributed by atoms with E-state index >= 15 is 0 Å². The number of hydrogen-bond donors (Lipinski definition) is 1. The standard InChI is InChI=1S/C15H24N2/c1-5-8-17-15(10-12(3)4)14-7-9-16-11-13(14)6-2/h7,9-11,15,17H,5-6,8H2,1-4H3. The van der Waals surface area contributed by atoms with E-state index in [9.17, 15) is 0 Å². The van der Waals surface area contributed by atoms with Crippen molar-refractivity contribution in [1.29, 1.82) is 0 Å². The molecule has 0 saturated heterocycles. The number of aryl methyl sites for hydroxylation is 1. The maximum Gasteiger partial charge on any atom is 0.0512 e. The molecule has 0 saturated carbocycles. The molecule has 0 bridgehead atoms. The number of allylic oxidation sites excluding steroid dienone is 1. The van der Waals surface area contributed by atoms with Crippen molar-refractivity contribution < 1.29 is 0 Å². The van der Waals surface area contributed by atoms with Crippen LogP contribution in [0.1, 0.15) is 51.3 Å². The number of pyridine rings is 1. The van der Waals surface area contributed by atoms with E-state index in [1.807, 2.05) is 12.4 Å². The molecule has 2 nitrogen and oxygen atoms in total. The van der Waals surface area contributed by atoms with Crippen molar-refractivity contribution in [3.05, 3.63) is 41.2 Å². The highest BCUT2D eigenvalue weighted by atomic mass is 14.9. The lowest BCUT2D eigenvalue weighted by molar-refractivity contribution is 0.605. The lowest BCUT2D eigenvalue weighted by Gasteiger charge is -2.18. The van der Waals surface area contributed by atoms with Gasteiger partial charge < -0.3 is 5.32 Å². The van der Waals surface area contributed by atoms with Crippen molar-refractivity contribution in [2.45, 2.75) is 46.6 Å². The highest BCUT2D eigenvalue weighted by molar-refractivity contribution is 5.30. The normalized spacial score (nSPS) is 12.2. The number of rotatable bonds is 6. The Morgan fingerprint density at radius 3 is 2.76 bits per heavy atom. The van der Waals surface area contributed by atoms with Gasteiger partial charge in [0.1, 0.15) is 0 Å². The second-order valence-electron chi connectivity index (χ2n) is 4.60.